The molecule has 0 aromatic heterocycles. The second-order valence-electron chi connectivity index (χ2n) is 6.03. The largest absolute Gasteiger partial charge is 0.492 e. The van der Waals surface area contributed by atoms with E-state index < -0.39 is 18.1 Å². The first-order valence-corrected chi connectivity index (χ1v) is 8.81. The predicted molar refractivity (Wildman–Crippen MR) is 94.4 cm³/mol. The lowest BCUT2D eigenvalue weighted by Gasteiger charge is -2.29. The standard InChI is InChI=1S/C17H11Cl2F3N2O5/c18-9-4-13-14(5-10(9)19)29-17(28-13,16(20,21)22)24-15(25)23-6-8-1-2-11-12(3-8)27-7-26-11/h1-5H,6-7H2,(H2,23,24,25). The van der Waals surface area contributed by atoms with Crippen molar-refractivity contribution in [2.24, 2.45) is 0 Å². The third-order valence-corrected chi connectivity index (χ3v) is 4.76. The summed E-state index contributed by atoms with van der Waals surface area (Å²) in [7, 11) is 0. The average Bonchev–Trinajstić information content (AvgIpc) is 3.24. The maximum absolute atomic E-state index is 13.7. The summed E-state index contributed by atoms with van der Waals surface area (Å²) in [6.45, 7) is -0.00884. The number of hydrogen-bond acceptors (Lipinski definition) is 5. The van der Waals surface area contributed by atoms with Gasteiger partial charge in [-0.3, -0.25) is 5.32 Å². The molecule has 154 valence electrons. The smallest absolute Gasteiger partial charge is 0.454 e. The molecule has 2 heterocycles. The van der Waals surface area contributed by atoms with Crippen LogP contribution in [0.5, 0.6) is 23.0 Å². The van der Waals surface area contributed by atoms with Gasteiger partial charge in [0, 0.05) is 18.7 Å². The molecule has 0 saturated carbocycles. The van der Waals surface area contributed by atoms with Gasteiger partial charge >= 0.3 is 18.1 Å². The topological polar surface area (TPSA) is 78.1 Å². The molecule has 2 amide bonds. The molecule has 2 aromatic rings. The summed E-state index contributed by atoms with van der Waals surface area (Å²) in [4.78, 5) is 12.2. The molecule has 7 nitrogen and oxygen atoms in total. The van der Waals surface area contributed by atoms with Crippen molar-refractivity contribution < 1.29 is 36.9 Å². The first kappa shape index (κ1) is 19.6. The second-order valence-corrected chi connectivity index (χ2v) is 6.84. The van der Waals surface area contributed by atoms with E-state index in [2.05, 4.69) is 5.32 Å². The number of urea groups is 1. The molecule has 2 aromatic carbocycles. The Hall–Kier alpha value is -2.72. The van der Waals surface area contributed by atoms with Crippen molar-refractivity contribution in [1.29, 1.82) is 0 Å². The third-order valence-electron chi connectivity index (χ3n) is 4.04. The predicted octanol–water partition coefficient (Wildman–Crippen LogP) is 4.21. The first-order chi connectivity index (χ1) is 13.7. The van der Waals surface area contributed by atoms with Gasteiger partial charge in [0.15, 0.2) is 23.0 Å². The molecule has 12 heteroatoms. The molecule has 0 bridgehead atoms. The average molecular weight is 451 g/mol. The van der Waals surface area contributed by atoms with Gasteiger partial charge < -0.3 is 24.3 Å². The fourth-order valence-corrected chi connectivity index (χ4v) is 2.97. The fourth-order valence-electron chi connectivity index (χ4n) is 2.66. The van der Waals surface area contributed by atoms with Gasteiger partial charge in [-0.1, -0.05) is 29.3 Å². The maximum atomic E-state index is 13.7. The Morgan fingerprint density at radius 1 is 1.00 bits per heavy atom. The minimum atomic E-state index is -5.11. The highest BCUT2D eigenvalue weighted by molar-refractivity contribution is 6.42. The van der Waals surface area contributed by atoms with Crippen molar-refractivity contribution in [3.05, 3.63) is 45.9 Å². The Kier molecular flexibility index (Phi) is 4.70. The normalized spacial score (nSPS) is 15.9. The van der Waals surface area contributed by atoms with Gasteiger partial charge in [-0.25, -0.2) is 4.79 Å². The lowest BCUT2D eigenvalue weighted by molar-refractivity contribution is -0.317. The summed E-state index contributed by atoms with van der Waals surface area (Å²) in [5.41, 5.74) is 0.584. The number of benzene rings is 2. The second kappa shape index (κ2) is 6.96. The third kappa shape index (κ3) is 3.65. The van der Waals surface area contributed by atoms with Crippen LogP contribution in [-0.4, -0.2) is 24.9 Å². The van der Waals surface area contributed by atoms with Gasteiger partial charge in [0.05, 0.1) is 10.0 Å². The van der Waals surface area contributed by atoms with Crippen LogP contribution in [-0.2, 0) is 6.54 Å². The Labute approximate surface area is 171 Å². The zero-order valence-electron chi connectivity index (χ0n) is 14.2. The van der Waals surface area contributed by atoms with E-state index in [1.54, 1.807) is 23.5 Å². The minimum absolute atomic E-state index is 0.0285. The van der Waals surface area contributed by atoms with Crippen molar-refractivity contribution in [1.82, 2.24) is 10.6 Å². The Balaban J connectivity index is 1.47. The van der Waals surface area contributed by atoms with Gasteiger partial charge in [-0.05, 0) is 17.7 Å². The molecule has 0 unspecified atom stereocenters. The first-order valence-electron chi connectivity index (χ1n) is 8.05. The Morgan fingerprint density at radius 3 is 2.24 bits per heavy atom. The van der Waals surface area contributed by atoms with Crippen LogP contribution in [0, 0.1) is 0 Å². The number of nitrogens with one attached hydrogen (secondary N) is 2. The van der Waals surface area contributed by atoms with E-state index in [4.69, 9.17) is 42.1 Å². The van der Waals surface area contributed by atoms with Crippen molar-refractivity contribution in [3.63, 3.8) is 0 Å². The van der Waals surface area contributed by atoms with Gasteiger partial charge in [-0.15, -0.1) is 0 Å². The van der Waals surface area contributed by atoms with Crippen molar-refractivity contribution in [2.75, 3.05) is 6.79 Å². The Bertz CT molecular complexity index is 955. The van der Waals surface area contributed by atoms with E-state index in [9.17, 15) is 18.0 Å². The number of halogens is 5. The van der Waals surface area contributed by atoms with E-state index in [-0.39, 0.29) is 34.9 Å². The summed E-state index contributed by atoms with van der Waals surface area (Å²) in [5.74, 6) is -3.04. The van der Waals surface area contributed by atoms with Gasteiger partial charge in [0.1, 0.15) is 0 Å². The monoisotopic (exact) mass is 450 g/mol. The van der Waals surface area contributed by atoms with Gasteiger partial charge in [0.2, 0.25) is 6.79 Å². The van der Waals surface area contributed by atoms with Gasteiger partial charge in [-0.2, -0.15) is 13.2 Å². The van der Waals surface area contributed by atoms with E-state index in [0.717, 1.165) is 12.1 Å². The molecule has 0 aliphatic carbocycles. The summed E-state index contributed by atoms with van der Waals surface area (Å²) in [6, 6.07) is 5.82. The van der Waals surface area contributed by atoms with Gasteiger partial charge in [0.25, 0.3) is 0 Å². The SMILES string of the molecule is O=C(NCc1ccc2c(c1)OCO2)NC1(C(F)(F)F)Oc2cc(Cl)c(Cl)cc2O1. The molecule has 0 spiro atoms. The van der Waals surface area contributed by atoms with Crippen LogP contribution < -0.4 is 29.6 Å². The number of ether oxygens (including phenoxy) is 4. The highest BCUT2D eigenvalue weighted by Crippen LogP contribution is 2.47. The van der Waals surface area contributed by atoms with E-state index in [0.29, 0.717) is 17.1 Å². The molecule has 2 aliphatic heterocycles. The van der Waals surface area contributed by atoms with E-state index in [1.165, 1.54) is 0 Å². The van der Waals surface area contributed by atoms with Crippen LogP contribution in [0.4, 0.5) is 18.0 Å². The quantitative estimate of drug-likeness (QED) is 0.732. The van der Waals surface area contributed by atoms with Crippen molar-refractivity contribution in [2.45, 2.75) is 18.6 Å². The molecule has 2 aliphatic rings. The molecule has 4 rings (SSSR count). The molecule has 0 saturated heterocycles. The zero-order chi connectivity index (χ0) is 20.8. The maximum Gasteiger partial charge on any atom is 0.492 e. The number of alkyl halides is 3. The molecule has 2 N–H and O–H groups in total. The molecule has 29 heavy (non-hydrogen) atoms. The van der Waals surface area contributed by atoms with E-state index in [1.807, 2.05) is 0 Å². The van der Waals surface area contributed by atoms with Crippen LogP contribution in [0.3, 0.4) is 0 Å². The summed E-state index contributed by atoms with van der Waals surface area (Å²) in [6.07, 6.45) is -5.11. The summed E-state index contributed by atoms with van der Waals surface area (Å²) in [5, 5.41) is 3.93. The molecular weight excluding hydrogens is 440 g/mol. The summed E-state index contributed by atoms with van der Waals surface area (Å²) >= 11 is 11.6. The summed E-state index contributed by atoms with van der Waals surface area (Å²) < 4.78 is 61.1. The van der Waals surface area contributed by atoms with E-state index >= 15 is 0 Å². The van der Waals surface area contributed by atoms with Crippen LogP contribution in [0.25, 0.3) is 0 Å². The number of amides is 2. The number of fused-ring (bicyclic) bond motifs is 2. The molecule has 0 atom stereocenters. The molecule has 0 fully saturated rings. The number of carbonyl (C=O) groups excluding carboxylic acids is 1. The van der Waals surface area contributed by atoms with Crippen LogP contribution >= 0.6 is 23.2 Å². The minimum Gasteiger partial charge on any atom is -0.454 e. The zero-order valence-corrected chi connectivity index (χ0v) is 15.7. The highest BCUT2D eigenvalue weighted by Gasteiger charge is 2.65. The van der Waals surface area contributed by atoms with Crippen molar-refractivity contribution in [3.8, 4) is 23.0 Å². The lowest BCUT2D eigenvalue weighted by atomic mass is 10.2. The van der Waals surface area contributed by atoms with Crippen LogP contribution in [0.15, 0.2) is 30.3 Å². The van der Waals surface area contributed by atoms with Crippen molar-refractivity contribution >= 4 is 29.2 Å². The Morgan fingerprint density at radius 2 is 1.62 bits per heavy atom. The number of hydrogen-bond donors (Lipinski definition) is 2. The fraction of sp³-hybridized carbons (Fsp3) is 0.235. The number of rotatable bonds is 3. The molecular formula is C17H11Cl2F3N2O5. The lowest BCUT2D eigenvalue weighted by Crippen LogP contribution is -2.66. The van der Waals surface area contributed by atoms with Crippen LogP contribution in [0.2, 0.25) is 10.0 Å². The number of carbonyl (C=O) groups is 1. The molecule has 0 radical (unpaired) electrons. The van der Waals surface area contributed by atoms with Crippen LogP contribution in [0.1, 0.15) is 5.56 Å². The highest BCUT2D eigenvalue weighted by atomic mass is 35.5.